The average molecular weight is 215 g/mol. The zero-order chi connectivity index (χ0) is 11.5. The number of carboxylic acid groups (broad SMARTS) is 1. The van der Waals surface area contributed by atoms with Crippen LogP contribution in [0.4, 0.5) is 4.79 Å². The van der Waals surface area contributed by atoms with Gasteiger partial charge in [0.05, 0.1) is 12.0 Å². The number of amides is 2. The third-order valence-corrected chi connectivity index (χ3v) is 2.50. The number of aliphatic carboxylic acids is 1. The lowest BCUT2D eigenvalue weighted by Gasteiger charge is -2.41. The molecule has 0 radical (unpaired) electrons. The van der Waals surface area contributed by atoms with Crippen molar-refractivity contribution < 1.29 is 14.7 Å². The van der Waals surface area contributed by atoms with E-state index in [9.17, 15) is 9.59 Å². The first kappa shape index (κ1) is 11.8. The molecule has 15 heavy (non-hydrogen) atoms. The molecule has 0 aromatic heterocycles. The van der Waals surface area contributed by atoms with E-state index in [-0.39, 0.29) is 12.5 Å². The molecule has 86 valence electrons. The number of hydrogen-bond acceptors (Lipinski definition) is 3. The Morgan fingerprint density at radius 3 is 2.33 bits per heavy atom. The quantitative estimate of drug-likeness (QED) is 0.583. The zero-order valence-corrected chi connectivity index (χ0v) is 9.04. The van der Waals surface area contributed by atoms with Crippen LogP contribution >= 0.6 is 0 Å². The van der Waals surface area contributed by atoms with Crippen molar-refractivity contribution >= 4 is 12.0 Å². The Bertz CT molecular complexity index is 261. The Hall–Kier alpha value is -1.30. The number of hydrazine groups is 1. The van der Waals surface area contributed by atoms with Gasteiger partial charge in [-0.3, -0.25) is 10.2 Å². The summed E-state index contributed by atoms with van der Waals surface area (Å²) in [5, 5.41) is 13.0. The highest BCUT2D eigenvalue weighted by atomic mass is 16.4. The highest BCUT2D eigenvalue weighted by Gasteiger charge is 2.40. The van der Waals surface area contributed by atoms with Crippen LogP contribution in [-0.4, -0.2) is 41.8 Å². The maximum atomic E-state index is 11.4. The van der Waals surface area contributed by atoms with Crippen molar-refractivity contribution in [2.24, 2.45) is 0 Å². The second-order valence-electron chi connectivity index (χ2n) is 4.16. The Morgan fingerprint density at radius 2 is 2.00 bits per heavy atom. The SMILES string of the molecule is CN(C)NC(=O)NC1(CC(=O)O)CCC1. The average Bonchev–Trinajstić information content (AvgIpc) is 1.97. The molecule has 0 bridgehead atoms. The van der Waals surface area contributed by atoms with E-state index in [1.54, 1.807) is 14.1 Å². The molecule has 0 atom stereocenters. The largest absolute Gasteiger partial charge is 0.481 e. The maximum Gasteiger partial charge on any atom is 0.329 e. The number of nitrogens with zero attached hydrogens (tertiary/aromatic N) is 1. The molecule has 1 saturated carbocycles. The maximum absolute atomic E-state index is 11.4. The van der Waals surface area contributed by atoms with E-state index in [0.717, 1.165) is 19.3 Å². The second kappa shape index (κ2) is 4.48. The molecular formula is C9H17N3O3. The van der Waals surface area contributed by atoms with E-state index in [0.29, 0.717) is 0 Å². The number of hydrogen-bond donors (Lipinski definition) is 3. The molecular weight excluding hydrogens is 198 g/mol. The van der Waals surface area contributed by atoms with Crippen LogP contribution in [0, 0.1) is 0 Å². The molecule has 0 heterocycles. The molecule has 3 N–H and O–H groups in total. The molecule has 0 aliphatic heterocycles. The molecule has 0 aromatic rings. The van der Waals surface area contributed by atoms with E-state index in [2.05, 4.69) is 10.7 Å². The van der Waals surface area contributed by atoms with Crippen LogP contribution in [0.25, 0.3) is 0 Å². The summed E-state index contributed by atoms with van der Waals surface area (Å²) in [6, 6.07) is -0.346. The summed E-state index contributed by atoms with van der Waals surface area (Å²) in [5.41, 5.74) is 1.99. The summed E-state index contributed by atoms with van der Waals surface area (Å²) < 4.78 is 0. The fourth-order valence-corrected chi connectivity index (χ4v) is 1.71. The normalized spacial score (nSPS) is 18.1. The molecule has 2 amide bonds. The van der Waals surface area contributed by atoms with Gasteiger partial charge in [0.25, 0.3) is 0 Å². The second-order valence-corrected chi connectivity index (χ2v) is 4.16. The first-order valence-electron chi connectivity index (χ1n) is 4.91. The van der Waals surface area contributed by atoms with Crippen LogP contribution in [0.2, 0.25) is 0 Å². The van der Waals surface area contributed by atoms with Gasteiger partial charge in [-0.1, -0.05) is 0 Å². The molecule has 1 aliphatic rings. The first-order chi connectivity index (χ1) is 6.93. The van der Waals surface area contributed by atoms with Gasteiger partial charge in [-0.25, -0.2) is 9.80 Å². The van der Waals surface area contributed by atoms with Crippen molar-refractivity contribution in [2.45, 2.75) is 31.2 Å². The molecule has 0 spiro atoms. The monoisotopic (exact) mass is 215 g/mol. The number of rotatable bonds is 4. The fourth-order valence-electron chi connectivity index (χ4n) is 1.71. The lowest BCUT2D eigenvalue weighted by atomic mass is 9.74. The van der Waals surface area contributed by atoms with Gasteiger partial charge in [-0.05, 0) is 19.3 Å². The lowest BCUT2D eigenvalue weighted by molar-refractivity contribution is -0.139. The lowest BCUT2D eigenvalue weighted by Crippen LogP contribution is -2.58. The van der Waals surface area contributed by atoms with Gasteiger partial charge in [0.1, 0.15) is 0 Å². The molecule has 1 rings (SSSR count). The van der Waals surface area contributed by atoms with E-state index in [1.807, 2.05) is 0 Å². The molecule has 1 aliphatic carbocycles. The van der Waals surface area contributed by atoms with Crippen LogP contribution in [0.5, 0.6) is 0 Å². The number of carboxylic acids is 1. The topological polar surface area (TPSA) is 81.7 Å². The molecule has 1 fully saturated rings. The Morgan fingerprint density at radius 1 is 1.40 bits per heavy atom. The number of carbonyl (C=O) groups is 2. The van der Waals surface area contributed by atoms with Crippen molar-refractivity contribution in [1.82, 2.24) is 15.8 Å². The van der Waals surface area contributed by atoms with Crippen molar-refractivity contribution in [1.29, 1.82) is 0 Å². The van der Waals surface area contributed by atoms with Crippen LogP contribution in [-0.2, 0) is 4.79 Å². The first-order valence-corrected chi connectivity index (χ1v) is 4.91. The molecule has 0 unspecified atom stereocenters. The van der Waals surface area contributed by atoms with Gasteiger partial charge < -0.3 is 10.4 Å². The molecule has 0 saturated heterocycles. The van der Waals surface area contributed by atoms with Crippen LogP contribution in [0.15, 0.2) is 0 Å². The summed E-state index contributed by atoms with van der Waals surface area (Å²) in [6.45, 7) is 0. The summed E-state index contributed by atoms with van der Waals surface area (Å²) in [6.07, 6.45) is 2.43. The number of carbonyl (C=O) groups excluding carboxylic acids is 1. The molecule has 6 heteroatoms. The van der Waals surface area contributed by atoms with E-state index < -0.39 is 11.5 Å². The van der Waals surface area contributed by atoms with Crippen molar-refractivity contribution in [3.63, 3.8) is 0 Å². The minimum Gasteiger partial charge on any atom is -0.481 e. The zero-order valence-electron chi connectivity index (χ0n) is 9.04. The predicted molar refractivity (Wildman–Crippen MR) is 54.2 cm³/mol. The summed E-state index contributed by atoms with van der Waals surface area (Å²) in [5.74, 6) is -0.875. The van der Waals surface area contributed by atoms with Crippen LogP contribution < -0.4 is 10.7 Å². The summed E-state index contributed by atoms with van der Waals surface area (Å²) in [4.78, 5) is 22.0. The van der Waals surface area contributed by atoms with Gasteiger partial charge in [0.2, 0.25) is 0 Å². The third-order valence-electron chi connectivity index (χ3n) is 2.50. The van der Waals surface area contributed by atoms with Gasteiger partial charge in [-0.2, -0.15) is 0 Å². The fraction of sp³-hybridized carbons (Fsp3) is 0.778. The highest BCUT2D eigenvalue weighted by molar-refractivity contribution is 5.76. The van der Waals surface area contributed by atoms with Gasteiger partial charge in [-0.15, -0.1) is 0 Å². The molecule has 6 nitrogen and oxygen atoms in total. The Kier molecular flexibility index (Phi) is 3.52. The van der Waals surface area contributed by atoms with Crippen LogP contribution in [0.1, 0.15) is 25.7 Å². The van der Waals surface area contributed by atoms with Crippen molar-refractivity contribution in [2.75, 3.05) is 14.1 Å². The third kappa shape index (κ3) is 3.39. The molecule has 0 aromatic carbocycles. The van der Waals surface area contributed by atoms with Crippen molar-refractivity contribution in [3.8, 4) is 0 Å². The van der Waals surface area contributed by atoms with Crippen molar-refractivity contribution in [3.05, 3.63) is 0 Å². The standard InChI is InChI=1S/C9H17N3O3/c1-12(2)11-8(15)10-9(4-3-5-9)6-7(13)14/h3-6H2,1-2H3,(H,13,14)(H2,10,11,15). The summed E-state index contributed by atoms with van der Waals surface area (Å²) in [7, 11) is 3.40. The van der Waals surface area contributed by atoms with E-state index in [4.69, 9.17) is 5.11 Å². The van der Waals surface area contributed by atoms with E-state index >= 15 is 0 Å². The minimum atomic E-state index is -0.875. The number of nitrogens with one attached hydrogen (secondary N) is 2. The van der Waals surface area contributed by atoms with Gasteiger partial charge in [0.15, 0.2) is 0 Å². The van der Waals surface area contributed by atoms with Gasteiger partial charge >= 0.3 is 12.0 Å². The highest BCUT2D eigenvalue weighted by Crippen LogP contribution is 2.34. The van der Waals surface area contributed by atoms with Gasteiger partial charge in [0, 0.05) is 14.1 Å². The predicted octanol–water partition coefficient (Wildman–Crippen LogP) is 0.160. The Balaban J connectivity index is 2.46. The summed E-state index contributed by atoms with van der Waals surface area (Å²) >= 11 is 0. The Labute approximate surface area is 88.6 Å². The van der Waals surface area contributed by atoms with Crippen LogP contribution in [0.3, 0.4) is 0 Å². The van der Waals surface area contributed by atoms with E-state index in [1.165, 1.54) is 5.01 Å². The minimum absolute atomic E-state index is 0.00610. The smallest absolute Gasteiger partial charge is 0.329 e. The number of urea groups is 1.